The molecule has 0 heterocycles. The van der Waals surface area contributed by atoms with Crippen LogP contribution < -0.4 is 0 Å². The molecule has 0 fully saturated rings. The first-order chi connectivity index (χ1) is 7.10. The van der Waals surface area contributed by atoms with E-state index in [1.165, 1.54) is 0 Å². The van der Waals surface area contributed by atoms with Crippen LogP contribution in [-0.2, 0) is 14.2 Å². The average Bonchev–Trinajstić information content (AvgIpc) is 2.14. The van der Waals surface area contributed by atoms with Crippen molar-refractivity contribution in [2.75, 3.05) is 19.8 Å². The summed E-state index contributed by atoms with van der Waals surface area (Å²) in [4.78, 5) is 0. The highest BCUT2D eigenvalue weighted by atomic mass is 16.7. The lowest BCUT2D eigenvalue weighted by Gasteiger charge is -2.20. The van der Waals surface area contributed by atoms with E-state index in [1.807, 2.05) is 27.7 Å². The lowest BCUT2D eigenvalue weighted by atomic mass is 10.2. The zero-order valence-corrected chi connectivity index (χ0v) is 10.4. The Morgan fingerprint density at radius 3 is 2.07 bits per heavy atom. The molecular weight excluding hydrogens is 192 g/mol. The average molecular weight is 216 g/mol. The van der Waals surface area contributed by atoms with Gasteiger partial charge in [0.1, 0.15) is 0 Å². The van der Waals surface area contributed by atoms with Crippen molar-refractivity contribution in [3.63, 3.8) is 0 Å². The van der Waals surface area contributed by atoms with Crippen LogP contribution in [0.1, 0.15) is 34.1 Å². The maximum atomic E-state index is 5.61. The summed E-state index contributed by atoms with van der Waals surface area (Å²) >= 11 is 0. The Morgan fingerprint density at radius 2 is 1.67 bits per heavy atom. The molecule has 0 bridgehead atoms. The molecule has 3 heteroatoms. The van der Waals surface area contributed by atoms with Gasteiger partial charge in [-0.1, -0.05) is 5.57 Å². The van der Waals surface area contributed by atoms with Gasteiger partial charge >= 0.3 is 0 Å². The van der Waals surface area contributed by atoms with Gasteiger partial charge in [-0.25, -0.2) is 0 Å². The minimum absolute atomic E-state index is 0.172. The van der Waals surface area contributed by atoms with Crippen LogP contribution in [0.2, 0.25) is 0 Å². The molecule has 90 valence electrons. The van der Waals surface area contributed by atoms with Gasteiger partial charge in [-0.15, -0.1) is 6.58 Å². The fraction of sp³-hybridized carbons (Fsp3) is 0.833. The van der Waals surface area contributed by atoms with E-state index in [0.717, 1.165) is 12.0 Å². The Kier molecular flexibility index (Phi) is 8.67. The molecular formula is C12H24O3. The predicted molar refractivity (Wildman–Crippen MR) is 61.9 cm³/mol. The van der Waals surface area contributed by atoms with Crippen LogP contribution in [0.4, 0.5) is 0 Å². The van der Waals surface area contributed by atoms with Crippen LogP contribution in [0.5, 0.6) is 0 Å². The fourth-order valence-electron chi connectivity index (χ4n) is 1.31. The van der Waals surface area contributed by atoms with Crippen LogP contribution in [0.25, 0.3) is 0 Å². The third-order valence-corrected chi connectivity index (χ3v) is 1.86. The molecule has 0 saturated heterocycles. The molecule has 3 nitrogen and oxygen atoms in total. The maximum absolute atomic E-state index is 5.61. The third-order valence-electron chi connectivity index (χ3n) is 1.86. The molecule has 0 N–H and O–H groups in total. The maximum Gasteiger partial charge on any atom is 0.180 e. The molecule has 0 aliphatic rings. The largest absolute Gasteiger partial charge is 0.373 e. The van der Waals surface area contributed by atoms with E-state index in [9.17, 15) is 0 Å². The Balaban J connectivity index is 3.71. The van der Waals surface area contributed by atoms with E-state index in [2.05, 4.69) is 6.58 Å². The number of hydrogen-bond acceptors (Lipinski definition) is 3. The van der Waals surface area contributed by atoms with Crippen molar-refractivity contribution in [3.8, 4) is 0 Å². The SMILES string of the molecule is C=C(C)C[C@H](C)OCC(OCC)OCC. The van der Waals surface area contributed by atoms with Gasteiger partial charge < -0.3 is 14.2 Å². The van der Waals surface area contributed by atoms with Crippen molar-refractivity contribution in [2.24, 2.45) is 0 Å². The summed E-state index contributed by atoms with van der Waals surface area (Å²) in [5.41, 5.74) is 1.13. The first-order valence-corrected chi connectivity index (χ1v) is 5.59. The van der Waals surface area contributed by atoms with Gasteiger partial charge in [-0.2, -0.15) is 0 Å². The fourth-order valence-corrected chi connectivity index (χ4v) is 1.31. The van der Waals surface area contributed by atoms with Crippen LogP contribution >= 0.6 is 0 Å². The van der Waals surface area contributed by atoms with E-state index >= 15 is 0 Å². The van der Waals surface area contributed by atoms with Gasteiger partial charge in [0.05, 0.1) is 12.7 Å². The van der Waals surface area contributed by atoms with Crippen molar-refractivity contribution >= 4 is 0 Å². The Hall–Kier alpha value is -0.380. The van der Waals surface area contributed by atoms with Gasteiger partial charge in [0, 0.05) is 13.2 Å². The van der Waals surface area contributed by atoms with Crippen LogP contribution in [0, 0.1) is 0 Å². The number of ether oxygens (including phenoxy) is 3. The highest BCUT2D eigenvalue weighted by Crippen LogP contribution is 2.07. The molecule has 0 saturated carbocycles. The topological polar surface area (TPSA) is 27.7 Å². The molecule has 0 spiro atoms. The van der Waals surface area contributed by atoms with E-state index in [0.29, 0.717) is 19.8 Å². The molecule has 1 atom stereocenters. The van der Waals surface area contributed by atoms with Crippen molar-refractivity contribution in [2.45, 2.75) is 46.5 Å². The van der Waals surface area contributed by atoms with E-state index in [-0.39, 0.29) is 12.4 Å². The summed E-state index contributed by atoms with van der Waals surface area (Å²) in [5, 5.41) is 0. The second-order valence-electron chi connectivity index (χ2n) is 3.65. The predicted octanol–water partition coefficient (Wildman–Crippen LogP) is 2.76. The molecule has 0 aliphatic heterocycles. The van der Waals surface area contributed by atoms with Crippen molar-refractivity contribution in [1.82, 2.24) is 0 Å². The van der Waals surface area contributed by atoms with Crippen molar-refractivity contribution < 1.29 is 14.2 Å². The molecule has 0 aliphatic carbocycles. The second kappa shape index (κ2) is 8.89. The van der Waals surface area contributed by atoms with Gasteiger partial charge in [-0.05, 0) is 34.1 Å². The lowest BCUT2D eigenvalue weighted by molar-refractivity contribution is -0.174. The summed E-state index contributed by atoms with van der Waals surface area (Å²) in [5.74, 6) is 0. The van der Waals surface area contributed by atoms with E-state index in [4.69, 9.17) is 14.2 Å². The Morgan fingerprint density at radius 1 is 1.13 bits per heavy atom. The molecule has 0 unspecified atom stereocenters. The molecule has 0 aromatic carbocycles. The van der Waals surface area contributed by atoms with Gasteiger partial charge in [0.2, 0.25) is 0 Å². The third kappa shape index (κ3) is 8.60. The normalized spacial score (nSPS) is 13.1. The molecule has 0 aromatic rings. The molecule has 0 radical (unpaired) electrons. The van der Waals surface area contributed by atoms with Crippen LogP contribution in [0.3, 0.4) is 0 Å². The first kappa shape index (κ1) is 14.6. The minimum atomic E-state index is -0.243. The molecule has 0 aromatic heterocycles. The summed E-state index contributed by atoms with van der Waals surface area (Å²) in [7, 11) is 0. The van der Waals surface area contributed by atoms with Crippen molar-refractivity contribution in [3.05, 3.63) is 12.2 Å². The Labute approximate surface area is 93.4 Å². The van der Waals surface area contributed by atoms with E-state index in [1.54, 1.807) is 0 Å². The Bertz CT molecular complexity index is 162. The first-order valence-electron chi connectivity index (χ1n) is 5.59. The molecule has 0 amide bonds. The van der Waals surface area contributed by atoms with Crippen LogP contribution in [0.15, 0.2) is 12.2 Å². The lowest BCUT2D eigenvalue weighted by Crippen LogP contribution is -2.26. The minimum Gasteiger partial charge on any atom is -0.373 e. The summed E-state index contributed by atoms with van der Waals surface area (Å²) in [6.07, 6.45) is 0.809. The van der Waals surface area contributed by atoms with E-state index < -0.39 is 0 Å². The molecule has 15 heavy (non-hydrogen) atoms. The highest BCUT2D eigenvalue weighted by Gasteiger charge is 2.10. The number of rotatable bonds is 9. The molecule has 0 rings (SSSR count). The summed E-state index contributed by atoms with van der Waals surface area (Å²) < 4.78 is 16.3. The number of hydrogen-bond donors (Lipinski definition) is 0. The van der Waals surface area contributed by atoms with Crippen molar-refractivity contribution in [1.29, 1.82) is 0 Å². The monoisotopic (exact) mass is 216 g/mol. The highest BCUT2D eigenvalue weighted by molar-refractivity contribution is 4.89. The quantitative estimate of drug-likeness (QED) is 0.438. The van der Waals surface area contributed by atoms with Crippen LogP contribution in [-0.4, -0.2) is 32.2 Å². The van der Waals surface area contributed by atoms with Gasteiger partial charge in [0.15, 0.2) is 6.29 Å². The standard InChI is InChI=1S/C12H24O3/c1-6-13-12(14-7-2)9-15-11(5)8-10(3)4/h11-12H,3,6-9H2,1-2,4-5H3/t11-/m0/s1. The van der Waals surface area contributed by atoms with Gasteiger partial charge in [0.25, 0.3) is 0 Å². The van der Waals surface area contributed by atoms with Gasteiger partial charge in [-0.3, -0.25) is 0 Å². The zero-order chi connectivity index (χ0) is 11.7. The summed E-state index contributed by atoms with van der Waals surface area (Å²) in [6, 6.07) is 0. The second-order valence-corrected chi connectivity index (χ2v) is 3.65. The smallest absolute Gasteiger partial charge is 0.180 e. The zero-order valence-electron chi connectivity index (χ0n) is 10.4. The summed E-state index contributed by atoms with van der Waals surface area (Å²) in [6.45, 7) is 13.5.